The number of rotatable bonds is 1. The minimum absolute atomic E-state index is 0.641. The van der Waals surface area contributed by atoms with Gasteiger partial charge in [-0.3, -0.25) is 0 Å². The van der Waals surface area contributed by atoms with Gasteiger partial charge in [-0.05, 0) is 19.3 Å². The van der Waals surface area contributed by atoms with Crippen LogP contribution in [0.25, 0.3) is 0 Å². The van der Waals surface area contributed by atoms with Crippen LogP contribution in [0, 0.1) is 0 Å². The summed E-state index contributed by atoms with van der Waals surface area (Å²) in [5.74, 6) is 0. The summed E-state index contributed by atoms with van der Waals surface area (Å²) in [5, 5.41) is 0. The molecular formula is C7H11NO. The van der Waals surface area contributed by atoms with Gasteiger partial charge in [-0.2, -0.15) is 0 Å². The number of aldehydes is 1. The van der Waals surface area contributed by atoms with E-state index in [0.29, 0.717) is 0 Å². The highest BCUT2D eigenvalue weighted by molar-refractivity contribution is 5.67. The summed E-state index contributed by atoms with van der Waals surface area (Å²) in [6, 6.07) is 0. The fourth-order valence-corrected chi connectivity index (χ4v) is 1.01. The third-order valence-electron chi connectivity index (χ3n) is 1.63. The Kier molecular flexibility index (Phi) is 1.67. The first-order valence-electron chi connectivity index (χ1n) is 3.20. The Bertz CT molecular complexity index is 142. The van der Waals surface area contributed by atoms with E-state index in [1.165, 1.54) is 0 Å². The van der Waals surface area contributed by atoms with Crippen molar-refractivity contribution in [3.05, 3.63) is 12.2 Å². The molecular weight excluding hydrogens is 114 g/mol. The van der Waals surface area contributed by atoms with Gasteiger partial charge in [0.25, 0.3) is 0 Å². The molecule has 0 bridgehead atoms. The monoisotopic (exact) mass is 125 g/mol. The maximum Gasteiger partial charge on any atom is 0.143 e. The van der Waals surface area contributed by atoms with Crippen molar-refractivity contribution >= 4 is 6.29 Å². The fourth-order valence-electron chi connectivity index (χ4n) is 1.01. The number of carbonyl (C=O) groups is 1. The molecule has 0 aromatic carbocycles. The largest absolute Gasteiger partial charge is 0.316 e. The third kappa shape index (κ3) is 1.39. The summed E-state index contributed by atoms with van der Waals surface area (Å²) in [5.41, 5.74) is 4.96. The number of nitrogens with two attached hydrogens (primary N) is 1. The molecule has 1 aliphatic carbocycles. The van der Waals surface area contributed by atoms with Crippen molar-refractivity contribution in [1.82, 2.24) is 0 Å². The van der Waals surface area contributed by atoms with E-state index in [9.17, 15) is 4.79 Å². The van der Waals surface area contributed by atoms with Crippen LogP contribution >= 0.6 is 0 Å². The Hall–Kier alpha value is -0.630. The van der Waals surface area contributed by atoms with E-state index in [1.54, 1.807) is 6.08 Å². The molecule has 0 saturated carbocycles. The molecule has 0 aromatic rings. The summed E-state index contributed by atoms with van der Waals surface area (Å²) < 4.78 is 0. The maximum absolute atomic E-state index is 10.3. The Morgan fingerprint density at radius 3 is 2.78 bits per heavy atom. The summed E-state index contributed by atoms with van der Waals surface area (Å²) >= 11 is 0. The number of hydrogen-bond acceptors (Lipinski definition) is 2. The Labute approximate surface area is 54.7 Å². The molecule has 9 heavy (non-hydrogen) atoms. The molecule has 0 amide bonds. The van der Waals surface area contributed by atoms with Crippen LogP contribution in [0.2, 0.25) is 0 Å². The zero-order chi connectivity index (χ0) is 6.74. The summed E-state index contributed by atoms with van der Waals surface area (Å²) in [6.45, 7) is 0. The Morgan fingerprint density at radius 2 is 2.44 bits per heavy atom. The van der Waals surface area contributed by atoms with Crippen LogP contribution in [0.4, 0.5) is 0 Å². The van der Waals surface area contributed by atoms with Gasteiger partial charge in [0.15, 0.2) is 0 Å². The average molecular weight is 125 g/mol. The van der Waals surface area contributed by atoms with Gasteiger partial charge in [0.05, 0.1) is 5.54 Å². The lowest BCUT2D eigenvalue weighted by atomic mass is 9.90. The molecule has 1 unspecified atom stereocenters. The van der Waals surface area contributed by atoms with Crippen LogP contribution in [-0.2, 0) is 4.79 Å². The van der Waals surface area contributed by atoms with Crippen molar-refractivity contribution in [3.8, 4) is 0 Å². The Morgan fingerprint density at radius 1 is 1.67 bits per heavy atom. The standard InChI is InChI=1S/C7H11NO/c8-7(6-9)4-2-1-3-5-7/h2,4,6H,1,3,5,8H2. The second-order valence-corrected chi connectivity index (χ2v) is 2.52. The lowest BCUT2D eigenvalue weighted by molar-refractivity contribution is -0.111. The maximum atomic E-state index is 10.3. The zero-order valence-corrected chi connectivity index (χ0v) is 5.34. The first kappa shape index (κ1) is 6.49. The SMILES string of the molecule is NC1(C=O)C=CCCC1. The number of hydrogen-bond donors (Lipinski definition) is 1. The van der Waals surface area contributed by atoms with E-state index < -0.39 is 5.54 Å². The summed E-state index contributed by atoms with van der Waals surface area (Å²) in [4.78, 5) is 10.3. The van der Waals surface area contributed by atoms with Gasteiger partial charge in [-0.25, -0.2) is 0 Å². The highest BCUT2D eigenvalue weighted by Crippen LogP contribution is 2.16. The quantitative estimate of drug-likeness (QED) is 0.412. The minimum Gasteiger partial charge on any atom is -0.316 e. The van der Waals surface area contributed by atoms with Crippen molar-refractivity contribution in [2.45, 2.75) is 24.8 Å². The van der Waals surface area contributed by atoms with Crippen molar-refractivity contribution < 1.29 is 4.79 Å². The molecule has 1 atom stereocenters. The van der Waals surface area contributed by atoms with E-state index >= 15 is 0 Å². The van der Waals surface area contributed by atoms with Gasteiger partial charge < -0.3 is 10.5 Å². The average Bonchev–Trinajstić information content (AvgIpc) is 1.90. The predicted molar refractivity (Wildman–Crippen MR) is 36.0 cm³/mol. The van der Waals surface area contributed by atoms with Crippen LogP contribution in [0.3, 0.4) is 0 Å². The molecule has 2 nitrogen and oxygen atoms in total. The van der Waals surface area contributed by atoms with Crippen LogP contribution < -0.4 is 5.73 Å². The van der Waals surface area contributed by atoms with Crippen LogP contribution in [0.15, 0.2) is 12.2 Å². The predicted octanol–water partition coefficient (Wildman–Crippen LogP) is 0.623. The third-order valence-corrected chi connectivity index (χ3v) is 1.63. The molecule has 0 saturated heterocycles. The van der Waals surface area contributed by atoms with E-state index in [2.05, 4.69) is 0 Å². The highest BCUT2D eigenvalue weighted by Gasteiger charge is 2.21. The minimum atomic E-state index is -0.641. The summed E-state index contributed by atoms with van der Waals surface area (Å²) in [6.07, 6.45) is 7.48. The molecule has 2 heteroatoms. The van der Waals surface area contributed by atoms with Crippen molar-refractivity contribution in [2.75, 3.05) is 0 Å². The molecule has 0 radical (unpaired) electrons. The van der Waals surface area contributed by atoms with Crippen molar-refractivity contribution in [3.63, 3.8) is 0 Å². The van der Waals surface area contributed by atoms with Gasteiger partial charge in [-0.1, -0.05) is 12.2 Å². The summed E-state index contributed by atoms with van der Waals surface area (Å²) in [7, 11) is 0. The van der Waals surface area contributed by atoms with E-state index in [-0.39, 0.29) is 0 Å². The van der Waals surface area contributed by atoms with E-state index in [0.717, 1.165) is 25.5 Å². The van der Waals surface area contributed by atoms with Crippen LogP contribution in [-0.4, -0.2) is 11.8 Å². The van der Waals surface area contributed by atoms with Gasteiger partial charge in [0, 0.05) is 0 Å². The molecule has 0 spiro atoms. The van der Waals surface area contributed by atoms with Gasteiger partial charge >= 0.3 is 0 Å². The molecule has 1 aliphatic rings. The zero-order valence-electron chi connectivity index (χ0n) is 5.34. The number of carbonyl (C=O) groups excluding carboxylic acids is 1. The van der Waals surface area contributed by atoms with E-state index in [4.69, 9.17) is 5.73 Å². The van der Waals surface area contributed by atoms with Crippen molar-refractivity contribution in [2.24, 2.45) is 5.73 Å². The molecule has 50 valence electrons. The molecule has 0 fully saturated rings. The fraction of sp³-hybridized carbons (Fsp3) is 0.571. The molecule has 1 rings (SSSR count). The second kappa shape index (κ2) is 2.31. The lowest BCUT2D eigenvalue weighted by Crippen LogP contribution is -2.40. The molecule has 0 heterocycles. The van der Waals surface area contributed by atoms with Gasteiger partial charge in [0.1, 0.15) is 6.29 Å². The van der Waals surface area contributed by atoms with Crippen molar-refractivity contribution in [1.29, 1.82) is 0 Å². The van der Waals surface area contributed by atoms with Crippen LogP contribution in [0.5, 0.6) is 0 Å². The highest BCUT2D eigenvalue weighted by atomic mass is 16.1. The molecule has 0 aromatic heterocycles. The molecule has 2 N–H and O–H groups in total. The second-order valence-electron chi connectivity index (χ2n) is 2.52. The molecule has 0 aliphatic heterocycles. The topological polar surface area (TPSA) is 43.1 Å². The van der Waals surface area contributed by atoms with E-state index in [1.807, 2.05) is 6.08 Å². The van der Waals surface area contributed by atoms with Crippen LogP contribution in [0.1, 0.15) is 19.3 Å². The normalized spacial score (nSPS) is 34.3. The first-order chi connectivity index (χ1) is 4.27. The van der Waals surface area contributed by atoms with Gasteiger partial charge in [-0.15, -0.1) is 0 Å². The first-order valence-corrected chi connectivity index (χ1v) is 3.20. The van der Waals surface area contributed by atoms with Gasteiger partial charge in [0.2, 0.25) is 0 Å². The smallest absolute Gasteiger partial charge is 0.143 e. The lowest BCUT2D eigenvalue weighted by Gasteiger charge is -2.21. The number of allylic oxidation sites excluding steroid dienone is 1. The Balaban J connectivity index is 2.67.